The van der Waals surface area contributed by atoms with E-state index in [4.69, 9.17) is 5.73 Å². The Morgan fingerprint density at radius 1 is 1.14 bits per heavy atom. The van der Waals surface area contributed by atoms with E-state index in [0.29, 0.717) is 11.4 Å². The molecule has 21 heavy (non-hydrogen) atoms. The summed E-state index contributed by atoms with van der Waals surface area (Å²) in [6, 6.07) is 14.3. The molecule has 0 unspecified atom stereocenters. The zero-order chi connectivity index (χ0) is 14.8. The van der Waals surface area contributed by atoms with Crippen LogP contribution in [0.1, 0.15) is 11.3 Å². The molecule has 0 aliphatic rings. The summed E-state index contributed by atoms with van der Waals surface area (Å²) in [7, 11) is 0. The second kappa shape index (κ2) is 5.46. The van der Waals surface area contributed by atoms with Gasteiger partial charge in [-0.2, -0.15) is 0 Å². The molecule has 106 valence electrons. The average molecular weight is 282 g/mol. The summed E-state index contributed by atoms with van der Waals surface area (Å²) in [6.07, 6.45) is 0. The van der Waals surface area contributed by atoms with E-state index in [1.54, 1.807) is 16.8 Å². The Kier molecular flexibility index (Phi) is 3.50. The molecule has 2 aromatic carbocycles. The van der Waals surface area contributed by atoms with E-state index in [2.05, 4.69) is 10.3 Å². The van der Waals surface area contributed by atoms with E-state index in [-0.39, 0.29) is 12.4 Å². The molecule has 0 aliphatic carbocycles. The van der Waals surface area contributed by atoms with E-state index in [1.807, 2.05) is 31.2 Å². The fourth-order valence-corrected chi connectivity index (χ4v) is 2.24. The predicted molar refractivity (Wildman–Crippen MR) is 79.4 cm³/mol. The van der Waals surface area contributed by atoms with Gasteiger partial charge in [-0.3, -0.25) is 0 Å². The molecule has 0 aliphatic heterocycles. The zero-order valence-corrected chi connectivity index (χ0v) is 11.6. The van der Waals surface area contributed by atoms with Crippen LogP contribution in [0.3, 0.4) is 0 Å². The lowest BCUT2D eigenvalue weighted by molar-refractivity contribution is 0.625. The van der Waals surface area contributed by atoms with E-state index in [1.165, 1.54) is 12.1 Å². The molecule has 1 heterocycles. The summed E-state index contributed by atoms with van der Waals surface area (Å²) in [5.41, 5.74) is 9.97. The molecule has 0 saturated heterocycles. The van der Waals surface area contributed by atoms with E-state index < -0.39 is 0 Å². The maximum absolute atomic E-state index is 13.4. The summed E-state index contributed by atoms with van der Waals surface area (Å²) in [6.45, 7) is 2.30. The minimum Gasteiger partial charge on any atom is -0.325 e. The van der Waals surface area contributed by atoms with Gasteiger partial charge < -0.3 is 5.73 Å². The zero-order valence-electron chi connectivity index (χ0n) is 11.6. The van der Waals surface area contributed by atoms with E-state index in [0.717, 1.165) is 16.8 Å². The van der Waals surface area contributed by atoms with Gasteiger partial charge in [0.05, 0.1) is 11.4 Å². The van der Waals surface area contributed by atoms with Gasteiger partial charge >= 0.3 is 0 Å². The van der Waals surface area contributed by atoms with Crippen molar-refractivity contribution in [3.63, 3.8) is 0 Å². The number of hydrogen-bond donors (Lipinski definition) is 1. The highest BCUT2D eigenvalue weighted by atomic mass is 19.1. The van der Waals surface area contributed by atoms with Crippen LogP contribution in [0.4, 0.5) is 4.39 Å². The van der Waals surface area contributed by atoms with Gasteiger partial charge in [0.1, 0.15) is 11.5 Å². The second-order valence-electron chi connectivity index (χ2n) is 4.85. The number of aryl methyl sites for hydroxylation is 1. The molecule has 0 radical (unpaired) electrons. The van der Waals surface area contributed by atoms with Crippen molar-refractivity contribution in [1.29, 1.82) is 0 Å². The fourth-order valence-electron chi connectivity index (χ4n) is 2.24. The predicted octanol–water partition coefficient (Wildman–Crippen LogP) is 2.84. The Balaban J connectivity index is 2.19. The largest absolute Gasteiger partial charge is 0.325 e. The first-order valence-corrected chi connectivity index (χ1v) is 6.66. The summed E-state index contributed by atoms with van der Waals surface area (Å²) < 4.78 is 15.1. The van der Waals surface area contributed by atoms with Crippen molar-refractivity contribution in [2.45, 2.75) is 13.5 Å². The van der Waals surface area contributed by atoms with Crippen LogP contribution in [0, 0.1) is 12.7 Å². The quantitative estimate of drug-likeness (QED) is 0.803. The molecule has 4 nitrogen and oxygen atoms in total. The maximum Gasteiger partial charge on any atom is 0.125 e. The lowest BCUT2D eigenvalue weighted by Gasteiger charge is -2.08. The van der Waals surface area contributed by atoms with Gasteiger partial charge in [-0.1, -0.05) is 41.1 Å². The van der Waals surface area contributed by atoms with Crippen LogP contribution < -0.4 is 5.73 Å². The van der Waals surface area contributed by atoms with E-state index in [9.17, 15) is 4.39 Å². The SMILES string of the molecule is Cc1ccc(-c2c(CN)nnn2-c2cccc(F)c2)cc1. The van der Waals surface area contributed by atoms with Crippen molar-refractivity contribution in [1.82, 2.24) is 15.0 Å². The monoisotopic (exact) mass is 282 g/mol. The molecule has 0 fully saturated rings. The van der Waals surface area contributed by atoms with Crippen LogP contribution in [0.2, 0.25) is 0 Å². The van der Waals surface area contributed by atoms with Gasteiger partial charge in [-0.15, -0.1) is 5.10 Å². The first kappa shape index (κ1) is 13.5. The molecule has 5 heteroatoms. The molecule has 0 spiro atoms. The van der Waals surface area contributed by atoms with Crippen LogP contribution in [0.15, 0.2) is 48.5 Å². The molecule has 3 rings (SSSR count). The van der Waals surface area contributed by atoms with Crippen LogP contribution in [0.25, 0.3) is 16.9 Å². The van der Waals surface area contributed by atoms with Gasteiger partial charge in [-0.25, -0.2) is 9.07 Å². The highest BCUT2D eigenvalue weighted by molar-refractivity contribution is 5.64. The van der Waals surface area contributed by atoms with Crippen LogP contribution >= 0.6 is 0 Å². The third-order valence-corrected chi connectivity index (χ3v) is 3.31. The molecular formula is C16H15FN4. The molecule has 2 N–H and O–H groups in total. The number of rotatable bonds is 3. The van der Waals surface area contributed by atoms with Gasteiger partial charge in [-0.05, 0) is 25.1 Å². The Labute approximate surface area is 122 Å². The minimum atomic E-state index is -0.313. The number of aromatic nitrogens is 3. The minimum absolute atomic E-state index is 0.276. The van der Waals surface area contributed by atoms with Crippen molar-refractivity contribution < 1.29 is 4.39 Å². The van der Waals surface area contributed by atoms with Crippen molar-refractivity contribution in [2.24, 2.45) is 5.73 Å². The van der Waals surface area contributed by atoms with Crippen LogP contribution in [-0.2, 0) is 6.54 Å². The Morgan fingerprint density at radius 2 is 1.90 bits per heavy atom. The van der Waals surface area contributed by atoms with Crippen molar-refractivity contribution >= 4 is 0 Å². The van der Waals surface area contributed by atoms with Crippen molar-refractivity contribution in [2.75, 3.05) is 0 Å². The number of nitrogens with zero attached hydrogens (tertiary/aromatic N) is 3. The summed E-state index contributed by atoms with van der Waals surface area (Å²) in [5, 5.41) is 8.22. The van der Waals surface area contributed by atoms with Gasteiger partial charge in [0, 0.05) is 12.1 Å². The summed E-state index contributed by atoms with van der Waals surface area (Å²) in [5.74, 6) is -0.313. The first-order valence-electron chi connectivity index (χ1n) is 6.66. The molecular weight excluding hydrogens is 267 g/mol. The normalized spacial score (nSPS) is 10.8. The lowest BCUT2D eigenvalue weighted by Crippen LogP contribution is -2.03. The smallest absolute Gasteiger partial charge is 0.125 e. The summed E-state index contributed by atoms with van der Waals surface area (Å²) in [4.78, 5) is 0. The Morgan fingerprint density at radius 3 is 2.57 bits per heavy atom. The maximum atomic E-state index is 13.4. The van der Waals surface area contributed by atoms with Gasteiger partial charge in [0.25, 0.3) is 0 Å². The Hall–Kier alpha value is -2.53. The molecule has 0 atom stereocenters. The number of nitrogens with two attached hydrogens (primary N) is 1. The number of halogens is 1. The van der Waals surface area contributed by atoms with Crippen LogP contribution in [-0.4, -0.2) is 15.0 Å². The molecule has 0 amide bonds. The van der Waals surface area contributed by atoms with Gasteiger partial charge in [0.15, 0.2) is 0 Å². The molecule has 0 saturated carbocycles. The highest BCUT2D eigenvalue weighted by Gasteiger charge is 2.15. The standard InChI is InChI=1S/C16H15FN4/c1-11-5-7-12(8-6-11)16-15(10-18)19-20-21(16)14-4-2-3-13(17)9-14/h2-9H,10,18H2,1H3. The molecule has 3 aromatic rings. The van der Waals surface area contributed by atoms with E-state index >= 15 is 0 Å². The third-order valence-electron chi connectivity index (χ3n) is 3.31. The second-order valence-corrected chi connectivity index (χ2v) is 4.85. The first-order chi connectivity index (χ1) is 10.2. The fraction of sp³-hybridized carbons (Fsp3) is 0.125. The van der Waals surface area contributed by atoms with Crippen LogP contribution in [0.5, 0.6) is 0 Å². The van der Waals surface area contributed by atoms with Gasteiger partial charge in [0.2, 0.25) is 0 Å². The third kappa shape index (κ3) is 2.55. The number of benzene rings is 2. The molecule has 0 bridgehead atoms. The number of hydrogen-bond acceptors (Lipinski definition) is 3. The topological polar surface area (TPSA) is 56.7 Å². The summed E-state index contributed by atoms with van der Waals surface area (Å²) >= 11 is 0. The highest BCUT2D eigenvalue weighted by Crippen LogP contribution is 2.25. The Bertz CT molecular complexity index is 762. The lowest BCUT2D eigenvalue weighted by atomic mass is 10.1. The average Bonchev–Trinajstić information content (AvgIpc) is 2.92. The van der Waals surface area contributed by atoms with Crippen molar-refractivity contribution in [3.05, 3.63) is 65.6 Å². The van der Waals surface area contributed by atoms with Crippen molar-refractivity contribution in [3.8, 4) is 16.9 Å². The molecule has 1 aromatic heterocycles.